The molecule has 11 nitrogen and oxygen atoms in total. The van der Waals surface area contributed by atoms with Crippen molar-refractivity contribution in [2.24, 2.45) is 0 Å². The Morgan fingerprint density at radius 3 is 1.74 bits per heavy atom. The highest BCUT2D eigenvalue weighted by molar-refractivity contribution is 4.93. The Kier molecular flexibility index (Phi) is 6.27. The van der Waals surface area contributed by atoms with Crippen LogP contribution in [-0.2, 0) is 14.2 Å². The van der Waals surface area contributed by atoms with Gasteiger partial charge in [0.2, 0.25) is 0 Å². The van der Waals surface area contributed by atoms with Gasteiger partial charge in [0.05, 0.1) is 13.2 Å². The highest BCUT2D eigenvalue weighted by atomic mass is 16.7. The van der Waals surface area contributed by atoms with Crippen LogP contribution in [0.1, 0.15) is 0 Å². The van der Waals surface area contributed by atoms with E-state index >= 15 is 0 Å². The van der Waals surface area contributed by atoms with Gasteiger partial charge in [-0.2, -0.15) is 0 Å². The molecule has 23 heavy (non-hydrogen) atoms. The van der Waals surface area contributed by atoms with Crippen LogP contribution in [0.15, 0.2) is 0 Å². The summed E-state index contributed by atoms with van der Waals surface area (Å²) in [6.07, 6.45) is -15.6. The molecule has 0 amide bonds. The lowest BCUT2D eigenvalue weighted by Crippen LogP contribution is -2.64. The predicted octanol–water partition coefficient (Wildman–Crippen LogP) is -5.40. The standard InChI is InChI=1S/C12H22O11/c13-1-3-6(16)8(18)10(11(20)21-3)23-12-9(19)7(17)5(15)4(2-14)22-12/h3-20H,1-2H2/t3?,4?,5-,6-,7+,8+,9?,10?,11+,12+/m1/s1. The van der Waals surface area contributed by atoms with Crippen molar-refractivity contribution in [2.45, 2.75) is 61.4 Å². The highest BCUT2D eigenvalue weighted by Gasteiger charge is 2.50. The van der Waals surface area contributed by atoms with Gasteiger partial charge in [0.1, 0.15) is 48.8 Å². The van der Waals surface area contributed by atoms with Crippen LogP contribution in [0.2, 0.25) is 0 Å². The van der Waals surface area contributed by atoms with Crippen LogP contribution in [0.25, 0.3) is 0 Å². The van der Waals surface area contributed by atoms with Crippen molar-refractivity contribution >= 4 is 0 Å². The van der Waals surface area contributed by atoms with Gasteiger partial charge in [-0.3, -0.25) is 0 Å². The van der Waals surface area contributed by atoms with Gasteiger partial charge in [0, 0.05) is 0 Å². The van der Waals surface area contributed by atoms with Gasteiger partial charge in [-0.1, -0.05) is 0 Å². The van der Waals surface area contributed by atoms with E-state index in [4.69, 9.17) is 24.4 Å². The highest BCUT2D eigenvalue weighted by Crippen LogP contribution is 2.28. The second kappa shape index (κ2) is 7.63. The van der Waals surface area contributed by atoms with Crippen LogP contribution in [0.3, 0.4) is 0 Å². The van der Waals surface area contributed by atoms with Gasteiger partial charge in [-0.15, -0.1) is 0 Å². The molecule has 11 heteroatoms. The average molecular weight is 342 g/mol. The van der Waals surface area contributed by atoms with Crippen LogP contribution in [0, 0.1) is 0 Å². The van der Waals surface area contributed by atoms with E-state index < -0.39 is 74.6 Å². The van der Waals surface area contributed by atoms with Gasteiger partial charge >= 0.3 is 0 Å². The Labute approximate surface area is 130 Å². The normalized spacial score (nSPS) is 51.7. The lowest BCUT2D eigenvalue weighted by molar-refractivity contribution is -0.361. The SMILES string of the molecule is OCC1O[C@@H](OC2[C@@H](O)[C@H](O)C(CO)O[C@@H]2O)C(O)[C@@H](O)[C@@H]1O. The Balaban J connectivity index is 2.08. The zero-order valence-electron chi connectivity index (χ0n) is 12.0. The minimum absolute atomic E-state index is 0.651. The fraction of sp³-hybridized carbons (Fsp3) is 1.00. The number of rotatable bonds is 4. The van der Waals surface area contributed by atoms with Crippen molar-refractivity contribution in [2.75, 3.05) is 13.2 Å². The summed E-state index contributed by atoms with van der Waals surface area (Å²) < 4.78 is 15.1. The molecule has 2 heterocycles. The van der Waals surface area contributed by atoms with Crippen LogP contribution in [0.4, 0.5) is 0 Å². The summed E-state index contributed by atoms with van der Waals surface area (Å²) in [6, 6.07) is 0. The molecule has 0 aromatic heterocycles. The minimum Gasteiger partial charge on any atom is -0.394 e. The third-order valence-electron chi connectivity index (χ3n) is 3.98. The van der Waals surface area contributed by atoms with Gasteiger partial charge in [0.25, 0.3) is 0 Å². The first kappa shape index (κ1) is 18.9. The van der Waals surface area contributed by atoms with Crippen LogP contribution in [0.5, 0.6) is 0 Å². The maximum atomic E-state index is 9.94. The molecule has 2 fully saturated rings. The molecule has 0 spiro atoms. The summed E-state index contributed by atoms with van der Waals surface area (Å²) in [4.78, 5) is 0. The van der Waals surface area contributed by atoms with E-state index in [0.29, 0.717) is 0 Å². The van der Waals surface area contributed by atoms with E-state index in [1.807, 2.05) is 0 Å². The van der Waals surface area contributed by atoms with Crippen LogP contribution < -0.4 is 0 Å². The van der Waals surface area contributed by atoms with Crippen molar-refractivity contribution < 1.29 is 55.1 Å². The first-order valence-electron chi connectivity index (χ1n) is 7.08. The summed E-state index contributed by atoms with van der Waals surface area (Å²) in [6.45, 7) is -1.33. The molecule has 0 aromatic carbocycles. The van der Waals surface area contributed by atoms with Gasteiger partial charge in [-0.05, 0) is 0 Å². The molecule has 4 unspecified atom stereocenters. The van der Waals surface area contributed by atoms with E-state index in [1.54, 1.807) is 0 Å². The first-order chi connectivity index (χ1) is 10.8. The topological polar surface area (TPSA) is 190 Å². The molecule has 0 radical (unpaired) electrons. The van der Waals surface area contributed by atoms with Crippen LogP contribution >= 0.6 is 0 Å². The third kappa shape index (κ3) is 3.65. The molecule has 0 aliphatic carbocycles. The smallest absolute Gasteiger partial charge is 0.187 e. The second-order valence-corrected chi connectivity index (χ2v) is 5.53. The lowest BCUT2D eigenvalue weighted by atomic mass is 9.97. The van der Waals surface area contributed by atoms with E-state index in [-0.39, 0.29) is 0 Å². The molecule has 2 aliphatic rings. The summed E-state index contributed by atoms with van der Waals surface area (Å²) in [5, 5.41) is 76.7. The number of hydrogen-bond donors (Lipinski definition) is 8. The maximum absolute atomic E-state index is 9.94. The number of hydrogen-bond acceptors (Lipinski definition) is 11. The second-order valence-electron chi connectivity index (χ2n) is 5.53. The summed E-state index contributed by atoms with van der Waals surface area (Å²) in [5.74, 6) is 0. The molecule has 0 bridgehead atoms. The number of ether oxygens (including phenoxy) is 3. The molecular formula is C12H22O11. The number of aliphatic hydroxyl groups is 8. The van der Waals surface area contributed by atoms with Crippen molar-refractivity contribution in [3.8, 4) is 0 Å². The van der Waals surface area contributed by atoms with Crippen molar-refractivity contribution in [1.82, 2.24) is 0 Å². The molecule has 2 rings (SSSR count). The minimum atomic E-state index is -1.75. The Bertz CT molecular complexity index is 380. The van der Waals surface area contributed by atoms with Crippen molar-refractivity contribution in [3.05, 3.63) is 0 Å². The predicted molar refractivity (Wildman–Crippen MR) is 68.6 cm³/mol. The Hall–Kier alpha value is -0.440. The largest absolute Gasteiger partial charge is 0.394 e. The molecule has 2 aliphatic heterocycles. The summed E-state index contributed by atoms with van der Waals surface area (Å²) >= 11 is 0. The van der Waals surface area contributed by atoms with Crippen molar-refractivity contribution in [3.63, 3.8) is 0 Å². The summed E-state index contributed by atoms with van der Waals surface area (Å²) in [7, 11) is 0. The molecule has 2 saturated heterocycles. The van der Waals surface area contributed by atoms with Crippen LogP contribution in [-0.4, -0.2) is 115 Å². The van der Waals surface area contributed by atoms with Gasteiger partial charge in [-0.25, -0.2) is 0 Å². The average Bonchev–Trinajstić information content (AvgIpc) is 2.54. The van der Waals surface area contributed by atoms with Crippen molar-refractivity contribution in [1.29, 1.82) is 0 Å². The third-order valence-corrected chi connectivity index (χ3v) is 3.98. The Morgan fingerprint density at radius 1 is 0.652 bits per heavy atom. The van der Waals surface area contributed by atoms with Gasteiger partial charge < -0.3 is 55.1 Å². The molecular weight excluding hydrogens is 320 g/mol. The fourth-order valence-electron chi connectivity index (χ4n) is 2.55. The fourth-order valence-corrected chi connectivity index (χ4v) is 2.55. The molecule has 10 atom stereocenters. The maximum Gasteiger partial charge on any atom is 0.187 e. The summed E-state index contributed by atoms with van der Waals surface area (Å²) in [5.41, 5.74) is 0. The quantitative estimate of drug-likeness (QED) is 0.243. The molecule has 8 N–H and O–H groups in total. The number of aliphatic hydroxyl groups excluding tert-OH is 8. The van der Waals surface area contributed by atoms with E-state index in [2.05, 4.69) is 0 Å². The zero-order chi connectivity index (χ0) is 17.3. The monoisotopic (exact) mass is 342 g/mol. The zero-order valence-corrected chi connectivity index (χ0v) is 12.0. The van der Waals surface area contributed by atoms with E-state index in [9.17, 15) is 30.6 Å². The first-order valence-corrected chi connectivity index (χ1v) is 7.08. The van der Waals surface area contributed by atoms with E-state index in [0.717, 1.165) is 0 Å². The Morgan fingerprint density at radius 2 is 1.17 bits per heavy atom. The van der Waals surface area contributed by atoms with Gasteiger partial charge in [0.15, 0.2) is 12.6 Å². The molecule has 136 valence electrons. The molecule has 0 aromatic rings. The lowest BCUT2D eigenvalue weighted by Gasteiger charge is -2.44. The van der Waals surface area contributed by atoms with E-state index in [1.165, 1.54) is 0 Å². The molecule has 0 saturated carbocycles.